The lowest BCUT2D eigenvalue weighted by atomic mass is 10.0. The second-order valence-electron chi connectivity index (χ2n) is 9.35. The van der Waals surface area contributed by atoms with E-state index in [0.29, 0.717) is 11.9 Å². The fourth-order valence-corrected chi connectivity index (χ4v) is 4.48. The Labute approximate surface area is 188 Å². The van der Waals surface area contributed by atoms with Gasteiger partial charge in [-0.1, -0.05) is 25.5 Å². The van der Waals surface area contributed by atoms with Crippen molar-refractivity contribution in [2.45, 2.75) is 72.8 Å². The van der Waals surface area contributed by atoms with Gasteiger partial charge in [0, 0.05) is 43.3 Å². The summed E-state index contributed by atoms with van der Waals surface area (Å²) in [6, 6.07) is 7.33. The maximum Gasteiger partial charge on any atom is 0.150 e. The van der Waals surface area contributed by atoms with Gasteiger partial charge in [-0.25, -0.2) is 4.98 Å². The zero-order chi connectivity index (χ0) is 22.4. The number of aryl methyl sites for hydroxylation is 2. The molecular weight excluding hydrogens is 382 g/mol. The van der Waals surface area contributed by atoms with Gasteiger partial charge in [0.2, 0.25) is 0 Å². The summed E-state index contributed by atoms with van der Waals surface area (Å²) in [6.45, 7) is 16.9. The molecule has 0 bridgehead atoms. The van der Waals surface area contributed by atoms with E-state index < -0.39 is 0 Å². The number of nitrogens with two attached hydrogens (primary N) is 1. The zero-order valence-electron chi connectivity index (χ0n) is 20.2. The summed E-state index contributed by atoms with van der Waals surface area (Å²) in [5, 5.41) is 1.16. The number of hydrogen-bond acceptors (Lipinski definition) is 5. The molecule has 2 aromatic rings. The molecule has 1 fully saturated rings. The highest BCUT2D eigenvalue weighted by molar-refractivity contribution is 5.93. The minimum absolute atomic E-state index is 0.543. The molecule has 3 rings (SSSR count). The average Bonchev–Trinajstić information content (AvgIpc) is 2.75. The van der Waals surface area contributed by atoms with Crippen molar-refractivity contribution in [2.24, 2.45) is 4.99 Å². The van der Waals surface area contributed by atoms with Gasteiger partial charge in [0.05, 0.1) is 5.52 Å². The summed E-state index contributed by atoms with van der Waals surface area (Å²) in [7, 11) is 0. The van der Waals surface area contributed by atoms with Crippen LogP contribution >= 0.6 is 0 Å². The Kier molecular flexibility index (Phi) is 8.44. The quantitative estimate of drug-likeness (QED) is 0.551. The van der Waals surface area contributed by atoms with Gasteiger partial charge in [0.1, 0.15) is 11.5 Å². The summed E-state index contributed by atoms with van der Waals surface area (Å²) >= 11 is 0. The molecule has 0 spiro atoms. The lowest BCUT2D eigenvalue weighted by molar-refractivity contribution is 0.108. The molecule has 0 radical (unpaired) electrons. The Hall–Kier alpha value is -1.98. The first kappa shape index (κ1) is 23.7. The molecular formula is C26H41N5. The molecule has 5 heteroatoms. The Balaban J connectivity index is 1.63. The number of nitrogen functional groups attached to an aromatic ring is 1. The molecule has 1 aliphatic heterocycles. The molecule has 1 saturated heterocycles. The number of anilines is 1. The summed E-state index contributed by atoms with van der Waals surface area (Å²) in [6.07, 6.45) is 5.61. The van der Waals surface area contributed by atoms with Crippen LogP contribution in [0.2, 0.25) is 0 Å². The Morgan fingerprint density at radius 2 is 1.90 bits per heavy atom. The number of rotatable bonds is 9. The first-order valence-electron chi connectivity index (χ1n) is 12.1. The smallest absolute Gasteiger partial charge is 0.150 e. The Morgan fingerprint density at radius 3 is 2.58 bits per heavy atom. The zero-order valence-corrected chi connectivity index (χ0v) is 20.2. The van der Waals surface area contributed by atoms with Crippen molar-refractivity contribution in [3.05, 3.63) is 29.3 Å². The van der Waals surface area contributed by atoms with Crippen LogP contribution in [0.25, 0.3) is 10.9 Å². The average molecular weight is 424 g/mol. The van der Waals surface area contributed by atoms with Crippen LogP contribution in [-0.2, 0) is 6.42 Å². The number of unbranched alkanes of at least 4 members (excludes halogenated alkanes) is 1. The van der Waals surface area contributed by atoms with E-state index in [0.717, 1.165) is 47.1 Å². The number of nitrogens with zero attached hydrogens (tertiary/aromatic N) is 4. The highest BCUT2D eigenvalue weighted by atomic mass is 15.3. The van der Waals surface area contributed by atoms with E-state index >= 15 is 0 Å². The number of pyridine rings is 1. The summed E-state index contributed by atoms with van der Waals surface area (Å²) in [5.74, 6) is 0.543. The number of piperazine rings is 1. The third-order valence-corrected chi connectivity index (χ3v) is 6.58. The first-order valence-corrected chi connectivity index (χ1v) is 12.1. The normalized spacial score (nSPS) is 16.5. The Bertz CT molecular complexity index is 894. The number of hydrogen-bond donors (Lipinski definition) is 1. The van der Waals surface area contributed by atoms with Gasteiger partial charge in [-0.3, -0.25) is 9.89 Å². The minimum Gasteiger partial charge on any atom is -0.382 e. The van der Waals surface area contributed by atoms with Gasteiger partial charge >= 0.3 is 0 Å². The monoisotopic (exact) mass is 423 g/mol. The van der Waals surface area contributed by atoms with E-state index in [1.54, 1.807) is 0 Å². The largest absolute Gasteiger partial charge is 0.382 e. The fraction of sp³-hybridized carbons (Fsp3) is 0.615. The van der Waals surface area contributed by atoms with Gasteiger partial charge in [-0.2, -0.15) is 0 Å². The van der Waals surface area contributed by atoms with Crippen molar-refractivity contribution in [1.29, 1.82) is 0 Å². The summed E-state index contributed by atoms with van der Waals surface area (Å²) in [4.78, 5) is 14.7. The maximum atomic E-state index is 6.32. The maximum absolute atomic E-state index is 6.32. The van der Waals surface area contributed by atoms with Crippen molar-refractivity contribution in [3.63, 3.8) is 0 Å². The molecule has 31 heavy (non-hydrogen) atoms. The second kappa shape index (κ2) is 11.1. The molecule has 5 nitrogen and oxygen atoms in total. The topological polar surface area (TPSA) is 57.8 Å². The lowest BCUT2D eigenvalue weighted by Crippen LogP contribution is -2.48. The van der Waals surface area contributed by atoms with Gasteiger partial charge in [-0.05, 0) is 77.1 Å². The number of fused-ring (bicyclic) bond motifs is 1. The van der Waals surface area contributed by atoms with Gasteiger partial charge < -0.3 is 10.6 Å². The van der Waals surface area contributed by atoms with Crippen LogP contribution in [0, 0.1) is 6.92 Å². The Morgan fingerprint density at radius 1 is 1.16 bits per heavy atom. The van der Waals surface area contributed by atoms with E-state index in [1.165, 1.54) is 51.1 Å². The van der Waals surface area contributed by atoms with Crippen molar-refractivity contribution in [2.75, 3.05) is 38.5 Å². The lowest BCUT2D eigenvalue weighted by Gasteiger charge is -2.36. The minimum atomic E-state index is 0.543. The van der Waals surface area contributed by atoms with Crippen LogP contribution in [0.3, 0.4) is 0 Å². The fourth-order valence-electron chi connectivity index (χ4n) is 4.48. The molecule has 2 N–H and O–H groups in total. The molecule has 0 saturated carbocycles. The third-order valence-electron chi connectivity index (χ3n) is 6.58. The van der Waals surface area contributed by atoms with E-state index in [2.05, 4.69) is 62.6 Å². The molecule has 0 atom stereocenters. The molecule has 1 aromatic carbocycles. The summed E-state index contributed by atoms with van der Waals surface area (Å²) < 4.78 is 0. The number of benzene rings is 1. The first-order chi connectivity index (χ1) is 14.9. The number of aliphatic imine (C=N–C) groups is 1. The second-order valence-corrected chi connectivity index (χ2v) is 9.35. The molecule has 170 valence electrons. The predicted octanol–water partition coefficient (Wildman–Crippen LogP) is 5.37. The van der Waals surface area contributed by atoms with E-state index in [-0.39, 0.29) is 0 Å². The predicted molar refractivity (Wildman–Crippen MR) is 135 cm³/mol. The number of aromatic nitrogens is 1. The van der Waals surface area contributed by atoms with Crippen molar-refractivity contribution in [3.8, 4) is 0 Å². The van der Waals surface area contributed by atoms with Crippen molar-refractivity contribution >= 4 is 28.1 Å². The molecule has 0 aliphatic carbocycles. The van der Waals surface area contributed by atoms with E-state index in [4.69, 9.17) is 15.7 Å². The van der Waals surface area contributed by atoms with E-state index in [1.807, 2.05) is 0 Å². The van der Waals surface area contributed by atoms with E-state index in [9.17, 15) is 0 Å². The van der Waals surface area contributed by atoms with Gasteiger partial charge in [0.25, 0.3) is 0 Å². The molecule has 2 heterocycles. The molecule has 1 aromatic heterocycles. The van der Waals surface area contributed by atoms with Crippen LogP contribution in [0.4, 0.5) is 11.5 Å². The molecule has 0 unspecified atom stereocenters. The van der Waals surface area contributed by atoms with Crippen LogP contribution < -0.4 is 5.73 Å². The van der Waals surface area contributed by atoms with Crippen LogP contribution in [0.5, 0.6) is 0 Å². The van der Waals surface area contributed by atoms with Gasteiger partial charge in [0.15, 0.2) is 0 Å². The van der Waals surface area contributed by atoms with Crippen LogP contribution in [0.15, 0.2) is 23.2 Å². The van der Waals surface area contributed by atoms with Crippen LogP contribution in [0.1, 0.15) is 64.5 Å². The van der Waals surface area contributed by atoms with Crippen LogP contribution in [-0.4, -0.2) is 59.3 Å². The van der Waals surface area contributed by atoms with Gasteiger partial charge in [-0.15, -0.1) is 0 Å². The summed E-state index contributed by atoms with van der Waals surface area (Å²) in [5.41, 5.74) is 11.8. The highest BCUT2D eigenvalue weighted by Crippen LogP contribution is 2.32. The third kappa shape index (κ3) is 6.27. The van der Waals surface area contributed by atoms with Crippen molar-refractivity contribution in [1.82, 2.24) is 14.8 Å². The highest BCUT2D eigenvalue weighted by Gasteiger charge is 2.18. The SMILES string of the molecule is CCCCC(C)=Nc1c(N)nc2cc(CCCN3CCN(C(C)C)CC3)ccc2c1C. The standard InChI is InChI=1S/C26H41N5/c1-6-7-9-20(4)28-25-21(5)23-12-11-22(18-24(23)29-26(25)27)10-8-13-30-14-16-31(17-15-30)19(2)3/h11-12,18-19H,6-10,13-17H2,1-5H3,(H2,27,29). The molecule has 0 amide bonds. The molecule has 1 aliphatic rings. The van der Waals surface area contributed by atoms with Crippen molar-refractivity contribution < 1.29 is 0 Å².